The number of hydrogen-bond acceptors (Lipinski definition) is 5. The molecule has 1 aromatic heterocycles. The van der Waals surface area contributed by atoms with Crippen LogP contribution >= 0.6 is 11.6 Å². The van der Waals surface area contributed by atoms with Crippen LogP contribution in [0.3, 0.4) is 0 Å². The standard InChI is InChI=1S/C22H28ClN3O2/c1-2-21-24-20-10-13-27-12-9-18(20)22(25-21)28-17-7-5-11-26(15-17)14-16-6-3-4-8-19(16)23/h3-4,6,8,17H,2,5,7,9-15H2,1H3. The predicted octanol–water partition coefficient (Wildman–Crippen LogP) is 3.85. The molecule has 0 radical (unpaired) electrons. The number of rotatable bonds is 5. The number of nitrogens with zero attached hydrogens (tertiary/aromatic N) is 3. The van der Waals surface area contributed by atoms with Crippen LogP contribution in [0, 0.1) is 0 Å². The van der Waals surface area contributed by atoms with E-state index in [1.807, 2.05) is 18.2 Å². The Morgan fingerprint density at radius 1 is 1.21 bits per heavy atom. The Kier molecular flexibility index (Phi) is 6.45. The summed E-state index contributed by atoms with van der Waals surface area (Å²) in [6, 6.07) is 8.08. The number of aryl methyl sites for hydroxylation is 1. The molecule has 2 aliphatic heterocycles. The molecule has 1 fully saturated rings. The lowest BCUT2D eigenvalue weighted by Gasteiger charge is -2.33. The van der Waals surface area contributed by atoms with Crippen molar-refractivity contribution >= 4 is 11.6 Å². The highest BCUT2D eigenvalue weighted by Gasteiger charge is 2.25. The average molecular weight is 402 g/mol. The third-order valence-electron chi connectivity index (χ3n) is 5.49. The largest absolute Gasteiger partial charge is 0.473 e. The van der Waals surface area contributed by atoms with Crippen molar-refractivity contribution < 1.29 is 9.47 Å². The summed E-state index contributed by atoms with van der Waals surface area (Å²) in [6.45, 7) is 6.34. The van der Waals surface area contributed by atoms with E-state index in [0.717, 1.165) is 86.3 Å². The number of likely N-dealkylation sites (tertiary alicyclic amines) is 1. The van der Waals surface area contributed by atoms with Crippen molar-refractivity contribution in [2.45, 2.75) is 51.7 Å². The van der Waals surface area contributed by atoms with Crippen molar-refractivity contribution in [3.63, 3.8) is 0 Å². The van der Waals surface area contributed by atoms with Crippen LogP contribution < -0.4 is 4.74 Å². The van der Waals surface area contributed by atoms with E-state index >= 15 is 0 Å². The number of aromatic nitrogens is 2. The molecule has 0 bridgehead atoms. The molecular formula is C22H28ClN3O2. The second-order valence-corrected chi connectivity index (χ2v) is 7.95. The SMILES string of the molecule is CCc1nc2c(c(OC3CCCN(Cc4ccccc4Cl)C3)n1)CCOCC2. The van der Waals surface area contributed by atoms with Gasteiger partial charge in [0, 0.05) is 42.9 Å². The first-order valence-corrected chi connectivity index (χ1v) is 10.7. The van der Waals surface area contributed by atoms with Gasteiger partial charge in [-0.2, -0.15) is 4.98 Å². The zero-order chi connectivity index (χ0) is 19.3. The zero-order valence-electron chi connectivity index (χ0n) is 16.5. The lowest BCUT2D eigenvalue weighted by atomic mass is 10.1. The van der Waals surface area contributed by atoms with Gasteiger partial charge >= 0.3 is 0 Å². The average Bonchev–Trinajstić information content (AvgIpc) is 2.96. The van der Waals surface area contributed by atoms with Gasteiger partial charge in [-0.05, 0) is 31.0 Å². The summed E-state index contributed by atoms with van der Waals surface area (Å²) in [7, 11) is 0. The zero-order valence-corrected chi connectivity index (χ0v) is 17.2. The van der Waals surface area contributed by atoms with Crippen LogP contribution in [-0.4, -0.2) is 47.3 Å². The van der Waals surface area contributed by atoms with Crippen LogP contribution in [0.2, 0.25) is 5.02 Å². The molecule has 0 aliphatic carbocycles. The molecule has 5 nitrogen and oxygen atoms in total. The molecule has 2 aromatic rings. The van der Waals surface area contributed by atoms with Gasteiger partial charge in [0.2, 0.25) is 5.88 Å². The maximum absolute atomic E-state index is 6.47. The number of benzene rings is 1. The molecule has 1 atom stereocenters. The van der Waals surface area contributed by atoms with Gasteiger partial charge in [-0.1, -0.05) is 36.7 Å². The van der Waals surface area contributed by atoms with E-state index in [1.165, 1.54) is 5.56 Å². The molecule has 0 saturated carbocycles. The van der Waals surface area contributed by atoms with Crippen molar-refractivity contribution in [2.75, 3.05) is 26.3 Å². The number of halogens is 1. The van der Waals surface area contributed by atoms with Gasteiger partial charge in [-0.25, -0.2) is 4.98 Å². The van der Waals surface area contributed by atoms with Crippen LogP contribution in [-0.2, 0) is 30.5 Å². The van der Waals surface area contributed by atoms with Crippen LogP contribution in [0.25, 0.3) is 0 Å². The van der Waals surface area contributed by atoms with Crippen LogP contribution in [0.4, 0.5) is 0 Å². The van der Waals surface area contributed by atoms with Crippen molar-refractivity contribution in [1.29, 1.82) is 0 Å². The van der Waals surface area contributed by atoms with E-state index in [9.17, 15) is 0 Å². The Morgan fingerprint density at radius 2 is 2.07 bits per heavy atom. The Labute approximate surface area is 172 Å². The summed E-state index contributed by atoms with van der Waals surface area (Å²) in [6.07, 6.45) is 4.79. The Bertz CT molecular complexity index is 814. The fourth-order valence-electron chi connectivity index (χ4n) is 3.99. The highest BCUT2D eigenvalue weighted by Crippen LogP contribution is 2.27. The second-order valence-electron chi connectivity index (χ2n) is 7.54. The van der Waals surface area contributed by atoms with Crippen molar-refractivity contribution in [3.8, 4) is 5.88 Å². The van der Waals surface area contributed by atoms with Gasteiger partial charge in [0.05, 0.1) is 18.9 Å². The third-order valence-corrected chi connectivity index (χ3v) is 5.86. The maximum Gasteiger partial charge on any atom is 0.220 e. The van der Waals surface area contributed by atoms with E-state index in [0.29, 0.717) is 6.61 Å². The summed E-state index contributed by atoms with van der Waals surface area (Å²) in [5.41, 5.74) is 3.41. The molecule has 0 amide bonds. The van der Waals surface area contributed by atoms with Gasteiger partial charge < -0.3 is 9.47 Å². The highest BCUT2D eigenvalue weighted by atomic mass is 35.5. The summed E-state index contributed by atoms with van der Waals surface area (Å²) >= 11 is 6.35. The summed E-state index contributed by atoms with van der Waals surface area (Å²) in [5.74, 6) is 1.64. The Hall–Kier alpha value is -1.69. The van der Waals surface area contributed by atoms with Crippen LogP contribution in [0.1, 0.15) is 42.4 Å². The van der Waals surface area contributed by atoms with Gasteiger partial charge in [0.1, 0.15) is 11.9 Å². The fraction of sp³-hybridized carbons (Fsp3) is 0.545. The lowest BCUT2D eigenvalue weighted by molar-refractivity contribution is 0.0793. The third kappa shape index (κ3) is 4.65. The highest BCUT2D eigenvalue weighted by molar-refractivity contribution is 6.31. The molecule has 6 heteroatoms. The first kappa shape index (κ1) is 19.6. The van der Waals surface area contributed by atoms with Crippen LogP contribution in [0.15, 0.2) is 24.3 Å². The molecule has 28 heavy (non-hydrogen) atoms. The van der Waals surface area contributed by atoms with Crippen LogP contribution in [0.5, 0.6) is 5.88 Å². The molecule has 1 saturated heterocycles. The fourth-order valence-corrected chi connectivity index (χ4v) is 4.19. The number of ether oxygens (including phenoxy) is 2. The molecule has 1 aromatic carbocycles. The Morgan fingerprint density at radius 3 is 2.93 bits per heavy atom. The minimum atomic E-state index is 0.143. The van der Waals surface area contributed by atoms with Crippen molar-refractivity contribution in [1.82, 2.24) is 14.9 Å². The molecule has 3 heterocycles. The summed E-state index contributed by atoms with van der Waals surface area (Å²) < 4.78 is 12.1. The van der Waals surface area contributed by atoms with Crippen molar-refractivity contribution in [3.05, 3.63) is 51.9 Å². The molecule has 4 rings (SSSR count). The molecule has 1 unspecified atom stereocenters. The minimum absolute atomic E-state index is 0.143. The van der Waals surface area contributed by atoms with Gasteiger partial charge in [0.25, 0.3) is 0 Å². The molecule has 150 valence electrons. The number of fused-ring (bicyclic) bond motifs is 1. The number of hydrogen-bond donors (Lipinski definition) is 0. The van der Waals surface area contributed by atoms with Crippen molar-refractivity contribution in [2.24, 2.45) is 0 Å². The first-order chi connectivity index (χ1) is 13.7. The van der Waals surface area contributed by atoms with Gasteiger partial charge in [-0.15, -0.1) is 0 Å². The lowest BCUT2D eigenvalue weighted by Crippen LogP contribution is -2.41. The van der Waals surface area contributed by atoms with E-state index in [2.05, 4.69) is 17.9 Å². The monoisotopic (exact) mass is 401 g/mol. The second kappa shape index (κ2) is 9.21. The molecule has 2 aliphatic rings. The van der Waals surface area contributed by atoms with Gasteiger partial charge in [0.15, 0.2) is 0 Å². The normalized spacial score (nSPS) is 20.4. The first-order valence-electron chi connectivity index (χ1n) is 10.3. The smallest absolute Gasteiger partial charge is 0.220 e. The summed E-state index contributed by atoms with van der Waals surface area (Å²) in [4.78, 5) is 11.9. The quantitative estimate of drug-likeness (QED) is 0.761. The molecular weight excluding hydrogens is 374 g/mol. The summed E-state index contributed by atoms with van der Waals surface area (Å²) in [5, 5.41) is 0.833. The maximum atomic E-state index is 6.47. The molecule has 0 N–H and O–H groups in total. The predicted molar refractivity (Wildman–Crippen MR) is 110 cm³/mol. The van der Waals surface area contributed by atoms with E-state index in [-0.39, 0.29) is 6.10 Å². The van der Waals surface area contributed by atoms with Gasteiger partial charge in [-0.3, -0.25) is 4.90 Å². The van der Waals surface area contributed by atoms with E-state index in [4.69, 9.17) is 31.0 Å². The van der Waals surface area contributed by atoms with E-state index < -0.39 is 0 Å². The number of piperidine rings is 1. The van der Waals surface area contributed by atoms with E-state index in [1.54, 1.807) is 0 Å². The topological polar surface area (TPSA) is 47.5 Å². The minimum Gasteiger partial charge on any atom is -0.473 e. The Balaban J connectivity index is 1.48. The molecule has 0 spiro atoms.